The van der Waals surface area contributed by atoms with Crippen molar-refractivity contribution in [2.45, 2.75) is 13.0 Å². The zero-order chi connectivity index (χ0) is 18.5. The lowest BCUT2D eigenvalue weighted by Gasteiger charge is -2.23. The molecular weight excluding hydrogens is 457 g/mol. The number of hydrogen-bond acceptors (Lipinski definition) is 4. The van der Waals surface area contributed by atoms with Gasteiger partial charge in [0.15, 0.2) is 17.5 Å². The second-order valence-electron chi connectivity index (χ2n) is 5.95. The smallest absolute Gasteiger partial charge is 0.198 e. The van der Waals surface area contributed by atoms with E-state index in [9.17, 15) is 0 Å². The van der Waals surface area contributed by atoms with Gasteiger partial charge < -0.3 is 24.4 Å². The topological polar surface area (TPSA) is 55.3 Å². The van der Waals surface area contributed by atoms with E-state index in [0.717, 1.165) is 30.2 Å². The summed E-state index contributed by atoms with van der Waals surface area (Å²) < 4.78 is 16.3. The Morgan fingerprint density at radius 3 is 2.37 bits per heavy atom. The maximum absolute atomic E-state index is 5.51. The third kappa shape index (κ3) is 4.40. The van der Waals surface area contributed by atoms with Crippen molar-refractivity contribution >= 4 is 35.6 Å². The molecule has 7 heteroatoms. The summed E-state index contributed by atoms with van der Waals surface area (Å²) in [5.41, 5.74) is 3.53. The monoisotopic (exact) mass is 483 g/mol. The fourth-order valence-electron chi connectivity index (χ4n) is 3.26. The minimum Gasteiger partial charge on any atom is -0.496 e. The molecule has 0 saturated carbocycles. The summed E-state index contributed by atoms with van der Waals surface area (Å²) in [6.07, 6.45) is 1.02. The van der Waals surface area contributed by atoms with Crippen LogP contribution in [0.5, 0.6) is 17.2 Å². The molecule has 0 aliphatic carbocycles. The van der Waals surface area contributed by atoms with E-state index >= 15 is 0 Å². The first-order valence-electron chi connectivity index (χ1n) is 8.56. The van der Waals surface area contributed by atoms with Gasteiger partial charge in [-0.2, -0.15) is 0 Å². The minimum absolute atomic E-state index is 0. The number of nitrogens with one attached hydrogen (secondary N) is 1. The van der Waals surface area contributed by atoms with Crippen LogP contribution in [0.25, 0.3) is 0 Å². The van der Waals surface area contributed by atoms with Crippen molar-refractivity contribution in [1.29, 1.82) is 0 Å². The lowest BCUT2D eigenvalue weighted by atomic mass is 10.1. The number of benzene rings is 2. The van der Waals surface area contributed by atoms with Gasteiger partial charge in [0.2, 0.25) is 0 Å². The van der Waals surface area contributed by atoms with Crippen molar-refractivity contribution in [3.05, 3.63) is 47.5 Å². The molecule has 0 spiro atoms. The van der Waals surface area contributed by atoms with Crippen LogP contribution in [-0.2, 0) is 13.0 Å². The van der Waals surface area contributed by atoms with Gasteiger partial charge in [0, 0.05) is 37.5 Å². The number of methoxy groups -OCH3 is 3. The summed E-state index contributed by atoms with van der Waals surface area (Å²) in [6.45, 7) is 1.48. The number of para-hydroxylation sites is 1. The fraction of sp³-hybridized carbons (Fsp3) is 0.350. The van der Waals surface area contributed by atoms with Crippen LogP contribution in [-0.4, -0.2) is 40.9 Å². The van der Waals surface area contributed by atoms with E-state index in [1.54, 1.807) is 28.4 Å². The van der Waals surface area contributed by atoms with Crippen molar-refractivity contribution in [2.75, 3.05) is 39.8 Å². The van der Waals surface area contributed by atoms with Gasteiger partial charge in [-0.25, -0.2) is 0 Å². The van der Waals surface area contributed by atoms with Crippen molar-refractivity contribution in [1.82, 2.24) is 5.32 Å². The SMILES string of the molecule is CN=C(NCc1cc(OC)c(OC)cc1OC)N1CCc2ccccc21.I. The molecule has 0 atom stereocenters. The second kappa shape index (κ2) is 9.68. The molecule has 3 rings (SSSR count). The highest BCUT2D eigenvalue weighted by Gasteiger charge is 2.22. The Morgan fingerprint density at radius 1 is 1.04 bits per heavy atom. The van der Waals surface area contributed by atoms with Gasteiger partial charge in [-0.3, -0.25) is 4.99 Å². The first-order chi connectivity index (χ1) is 12.7. The summed E-state index contributed by atoms with van der Waals surface area (Å²) in [5.74, 6) is 2.90. The lowest BCUT2D eigenvalue weighted by Crippen LogP contribution is -2.40. The Hall–Kier alpha value is -2.16. The highest BCUT2D eigenvalue weighted by molar-refractivity contribution is 14.0. The Morgan fingerprint density at radius 2 is 1.70 bits per heavy atom. The van der Waals surface area contributed by atoms with E-state index in [4.69, 9.17) is 14.2 Å². The third-order valence-corrected chi connectivity index (χ3v) is 4.58. The van der Waals surface area contributed by atoms with Gasteiger partial charge in [0.25, 0.3) is 0 Å². The summed E-state index contributed by atoms with van der Waals surface area (Å²) in [7, 11) is 6.69. The molecule has 0 bridgehead atoms. The van der Waals surface area contributed by atoms with E-state index in [0.29, 0.717) is 18.0 Å². The van der Waals surface area contributed by atoms with Gasteiger partial charge >= 0.3 is 0 Å². The van der Waals surface area contributed by atoms with Crippen LogP contribution in [0.2, 0.25) is 0 Å². The predicted octanol–water partition coefficient (Wildman–Crippen LogP) is 3.47. The molecule has 1 aliphatic rings. The second-order valence-corrected chi connectivity index (χ2v) is 5.95. The van der Waals surface area contributed by atoms with E-state index < -0.39 is 0 Å². The number of nitrogens with zero attached hydrogens (tertiary/aromatic N) is 2. The molecule has 0 radical (unpaired) electrons. The molecule has 0 aromatic heterocycles. The minimum atomic E-state index is 0. The first-order valence-corrected chi connectivity index (χ1v) is 8.56. The molecule has 0 unspecified atom stereocenters. The van der Waals surface area contributed by atoms with Gasteiger partial charge in [-0.05, 0) is 24.1 Å². The molecule has 2 aromatic rings. The van der Waals surface area contributed by atoms with Crippen molar-refractivity contribution < 1.29 is 14.2 Å². The number of aliphatic imine (C=N–C) groups is 1. The predicted molar refractivity (Wildman–Crippen MR) is 119 cm³/mol. The Kier molecular flexibility index (Phi) is 7.58. The molecule has 1 N–H and O–H groups in total. The Labute approximate surface area is 177 Å². The number of guanidine groups is 1. The molecule has 1 heterocycles. The molecule has 0 saturated heterocycles. The van der Waals surface area contributed by atoms with E-state index in [1.807, 2.05) is 12.1 Å². The molecule has 1 aliphatic heterocycles. The average Bonchev–Trinajstić information content (AvgIpc) is 3.12. The lowest BCUT2D eigenvalue weighted by molar-refractivity contribution is 0.347. The van der Waals surface area contributed by atoms with Crippen LogP contribution in [0.1, 0.15) is 11.1 Å². The summed E-state index contributed by atoms with van der Waals surface area (Å²) in [6, 6.07) is 12.2. The maximum atomic E-state index is 5.51. The van der Waals surface area contributed by atoms with Gasteiger partial charge in [0.05, 0.1) is 21.3 Å². The van der Waals surface area contributed by atoms with E-state index in [-0.39, 0.29) is 24.0 Å². The Bertz CT molecular complexity index is 811. The molecule has 0 amide bonds. The average molecular weight is 483 g/mol. The van der Waals surface area contributed by atoms with Crippen molar-refractivity contribution in [3.63, 3.8) is 0 Å². The quantitative estimate of drug-likeness (QED) is 0.401. The number of halogens is 1. The molecule has 0 fully saturated rings. The zero-order valence-electron chi connectivity index (χ0n) is 16.1. The van der Waals surface area contributed by atoms with Crippen LogP contribution in [0.3, 0.4) is 0 Å². The van der Waals surface area contributed by atoms with Gasteiger partial charge in [-0.15, -0.1) is 24.0 Å². The number of rotatable bonds is 5. The highest BCUT2D eigenvalue weighted by atomic mass is 127. The number of ether oxygens (including phenoxy) is 3. The summed E-state index contributed by atoms with van der Waals surface area (Å²) in [4.78, 5) is 6.66. The van der Waals surface area contributed by atoms with Crippen LogP contribution < -0.4 is 24.4 Å². The van der Waals surface area contributed by atoms with Gasteiger partial charge in [0.1, 0.15) is 5.75 Å². The number of fused-ring (bicyclic) bond motifs is 1. The molecule has 2 aromatic carbocycles. The molecular formula is C20H26IN3O3. The summed E-state index contributed by atoms with van der Waals surface area (Å²) >= 11 is 0. The van der Waals surface area contributed by atoms with E-state index in [1.165, 1.54) is 11.3 Å². The zero-order valence-corrected chi connectivity index (χ0v) is 18.4. The Balaban J connectivity index is 0.00000261. The molecule has 6 nitrogen and oxygen atoms in total. The highest BCUT2D eigenvalue weighted by Crippen LogP contribution is 2.34. The van der Waals surface area contributed by atoms with Crippen LogP contribution in [0, 0.1) is 0 Å². The first kappa shape index (κ1) is 21.1. The van der Waals surface area contributed by atoms with Crippen molar-refractivity contribution in [2.24, 2.45) is 4.99 Å². The van der Waals surface area contributed by atoms with Crippen LogP contribution in [0.15, 0.2) is 41.4 Å². The normalized spacial score (nSPS) is 12.9. The van der Waals surface area contributed by atoms with Crippen LogP contribution >= 0.6 is 24.0 Å². The number of hydrogen-bond donors (Lipinski definition) is 1. The standard InChI is InChI=1S/C20H25N3O3.HI/c1-21-20(23-10-9-14-7-5-6-8-16(14)23)22-13-15-11-18(25-3)19(26-4)12-17(15)24-2;/h5-8,11-12H,9-10,13H2,1-4H3,(H,21,22);1H. The third-order valence-electron chi connectivity index (χ3n) is 4.58. The van der Waals surface area contributed by atoms with Gasteiger partial charge in [-0.1, -0.05) is 18.2 Å². The van der Waals surface area contributed by atoms with Crippen molar-refractivity contribution in [3.8, 4) is 17.2 Å². The summed E-state index contributed by atoms with van der Waals surface area (Å²) in [5, 5.41) is 3.43. The van der Waals surface area contributed by atoms with Crippen LogP contribution in [0.4, 0.5) is 5.69 Å². The molecule has 27 heavy (non-hydrogen) atoms. The number of anilines is 1. The largest absolute Gasteiger partial charge is 0.496 e. The fourth-order valence-corrected chi connectivity index (χ4v) is 3.26. The molecule has 146 valence electrons. The van der Waals surface area contributed by atoms with E-state index in [2.05, 4.69) is 39.5 Å². The maximum Gasteiger partial charge on any atom is 0.198 e.